The van der Waals surface area contributed by atoms with Gasteiger partial charge in [-0.1, -0.05) is 23.2 Å². The van der Waals surface area contributed by atoms with Gasteiger partial charge in [0, 0.05) is 16.8 Å². The summed E-state index contributed by atoms with van der Waals surface area (Å²) in [7, 11) is -3.90. The van der Waals surface area contributed by atoms with Crippen molar-refractivity contribution in [2.75, 3.05) is 12.3 Å². The summed E-state index contributed by atoms with van der Waals surface area (Å²) in [6.45, 7) is 0.290. The van der Waals surface area contributed by atoms with Gasteiger partial charge in [-0.15, -0.1) is 0 Å². The van der Waals surface area contributed by atoms with Gasteiger partial charge in [0.2, 0.25) is 10.0 Å². The van der Waals surface area contributed by atoms with E-state index in [4.69, 9.17) is 28.3 Å². The maximum absolute atomic E-state index is 12.3. The minimum Gasteiger partial charge on any atom is -0.478 e. The fourth-order valence-corrected chi connectivity index (χ4v) is 5.29. The predicted molar refractivity (Wildman–Crippen MR) is 84.1 cm³/mol. The molecule has 0 bridgehead atoms. The molecule has 116 valence electrons. The molecule has 1 heterocycles. The van der Waals surface area contributed by atoms with Gasteiger partial charge in [0.15, 0.2) is 0 Å². The van der Waals surface area contributed by atoms with E-state index >= 15 is 0 Å². The summed E-state index contributed by atoms with van der Waals surface area (Å²) >= 11 is 13.4. The molecule has 0 amide bonds. The van der Waals surface area contributed by atoms with Gasteiger partial charge in [0.05, 0.1) is 10.6 Å². The van der Waals surface area contributed by atoms with Gasteiger partial charge in [-0.05, 0) is 30.7 Å². The highest BCUT2D eigenvalue weighted by molar-refractivity contribution is 8.00. The zero-order valence-electron chi connectivity index (χ0n) is 10.8. The monoisotopic (exact) mass is 369 g/mol. The molecule has 1 aromatic carbocycles. The van der Waals surface area contributed by atoms with E-state index in [-0.39, 0.29) is 32.3 Å². The Balaban J connectivity index is 2.28. The van der Waals surface area contributed by atoms with Gasteiger partial charge >= 0.3 is 5.97 Å². The number of hydrogen-bond acceptors (Lipinski definition) is 4. The Morgan fingerprint density at radius 1 is 1.43 bits per heavy atom. The maximum Gasteiger partial charge on any atom is 0.337 e. The minimum absolute atomic E-state index is 0.00687. The lowest BCUT2D eigenvalue weighted by atomic mass is 10.2. The molecule has 0 aliphatic carbocycles. The molecular formula is C12H13Cl2NO4S2. The Hall–Kier alpha value is -0.470. The van der Waals surface area contributed by atoms with E-state index in [1.165, 1.54) is 0 Å². The lowest BCUT2D eigenvalue weighted by Gasteiger charge is -2.13. The molecule has 1 aliphatic rings. The molecule has 1 atom stereocenters. The zero-order chi connectivity index (χ0) is 15.6. The van der Waals surface area contributed by atoms with Crippen molar-refractivity contribution in [1.29, 1.82) is 0 Å². The summed E-state index contributed by atoms with van der Waals surface area (Å²) in [6, 6.07) is 2.28. The Kier molecular flexibility index (Phi) is 5.43. The van der Waals surface area contributed by atoms with Crippen LogP contribution in [-0.2, 0) is 10.0 Å². The third kappa shape index (κ3) is 4.04. The molecule has 1 saturated heterocycles. The van der Waals surface area contributed by atoms with E-state index in [1.807, 2.05) is 0 Å². The van der Waals surface area contributed by atoms with Crippen LogP contribution in [0.4, 0.5) is 0 Å². The first-order valence-electron chi connectivity index (χ1n) is 6.15. The fourth-order valence-electron chi connectivity index (χ4n) is 2.00. The van der Waals surface area contributed by atoms with Gasteiger partial charge in [-0.25, -0.2) is 17.9 Å². The smallest absolute Gasteiger partial charge is 0.337 e. The molecule has 21 heavy (non-hydrogen) atoms. The van der Waals surface area contributed by atoms with E-state index < -0.39 is 16.0 Å². The quantitative estimate of drug-likeness (QED) is 0.833. The third-order valence-corrected chi connectivity index (χ3v) is 6.63. The summed E-state index contributed by atoms with van der Waals surface area (Å²) in [5.41, 5.74) is -0.334. The average Bonchev–Trinajstić information content (AvgIpc) is 2.91. The van der Waals surface area contributed by atoms with Crippen LogP contribution in [0.2, 0.25) is 10.0 Å². The SMILES string of the molecule is O=C(O)c1cc(Cl)cc(S(=O)(=O)NCC2CCCS2)c1Cl. The van der Waals surface area contributed by atoms with Crippen molar-refractivity contribution in [2.24, 2.45) is 0 Å². The van der Waals surface area contributed by atoms with Crippen LogP contribution >= 0.6 is 35.0 Å². The molecule has 1 aliphatic heterocycles. The summed E-state index contributed by atoms with van der Waals surface area (Å²) in [5.74, 6) is -0.307. The Morgan fingerprint density at radius 2 is 2.14 bits per heavy atom. The van der Waals surface area contributed by atoms with Crippen LogP contribution in [0.15, 0.2) is 17.0 Å². The second-order valence-corrected chi connectivity index (χ2v) is 8.52. The fraction of sp³-hybridized carbons (Fsp3) is 0.417. The molecule has 0 saturated carbocycles. The van der Waals surface area contributed by atoms with E-state index in [1.54, 1.807) is 11.8 Å². The first-order chi connectivity index (χ1) is 9.81. The molecule has 1 aromatic rings. The Bertz CT molecular complexity index is 657. The van der Waals surface area contributed by atoms with Gasteiger partial charge in [-0.2, -0.15) is 11.8 Å². The molecule has 5 nitrogen and oxygen atoms in total. The molecule has 2 N–H and O–H groups in total. The first kappa shape index (κ1) is 16.9. The van der Waals surface area contributed by atoms with Crippen molar-refractivity contribution < 1.29 is 18.3 Å². The average molecular weight is 370 g/mol. The molecule has 0 aromatic heterocycles. The number of carbonyl (C=O) groups is 1. The Morgan fingerprint density at radius 3 is 2.71 bits per heavy atom. The highest BCUT2D eigenvalue weighted by atomic mass is 35.5. The van der Waals surface area contributed by atoms with Crippen LogP contribution in [0, 0.1) is 0 Å². The number of carboxylic acid groups (broad SMARTS) is 1. The lowest BCUT2D eigenvalue weighted by Crippen LogP contribution is -2.30. The van der Waals surface area contributed by atoms with E-state index in [0.717, 1.165) is 30.7 Å². The van der Waals surface area contributed by atoms with Gasteiger partial charge in [-0.3, -0.25) is 0 Å². The molecule has 1 unspecified atom stereocenters. The van der Waals surface area contributed by atoms with Crippen molar-refractivity contribution in [3.63, 3.8) is 0 Å². The van der Waals surface area contributed by atoms with Crippen molar-refractivity contribution in [3.8, 4) is 0 Å². The largest absolute Gasteiger partial charge is 0.478 e. The number of aromatic carboxylic acids is 1. The van der Waals surface area contributed by atoms with E-state index in [0.29, 0.717) is 0 Å². The number of benzene rings is 1. The lowest BCUT2D eigenvalue weighted by molar-refractivity contribution is 0.0697. The van der Waals surface area contributed by atoms with Crippen LogP contribution < -0.4 is 4.72 Å². The number of halogens is 2. The molecule has 9 heteroatoms. The molecule has 1 fully saturated rings. The number of carboxylic acids is 1. The number of nitrogens with one attached hydrogen (secondary N) is 1. The number of thioether (sulfide) groups is 1. The van der Waals surface area contributed by atoms with Crippen LogP contribution in [-0.4, -0.2) is 37.0 Å². The normalized spacial score (nSPS) is 18.9. The van der Waals surface area contributed by atoms with E-state index in [2.05, 4.69) is 4.72 Å². The summed E-state index contributed by atoms with van der Waals surface area (Å²) in [4.78, 5) is 10.8. The highest BCUT2D eigenvalue weighted by Crippen LogP contribution is 2.30. The van der Waals surface area contributed by atoms with Gasteiger partial charge < -0.3 is 5.11 Å². The predicted octanol–water partition coefficient (Wildman–Crippen LogP) is 2.87. The molecule has 0 spiro atoms. The summed E-state index contributed by atoms with van der Waals surface area (Å²) < 4.78 is 27.0. The van der Waals surface area contributed by atoms with Crippen molar-refractivity contribution in [3.05, 3.63) is 27.7 Å². The van der Waals surface area contributed by atoms with E-state index in [9.17, 15) is 13.2 Å². The van der Waals surface area contributed by atoms with Crippen molar-refractivity contribution >= 4 is 51.0 Å². The number of rotatable bonds is 5. The summed E-state index contributed by atoms with van der Waals surface area (Å²) in [5, 5.41) is 8.93. The van der Waals surface area contributed by atoms with Crippen molar-refractivity contribution in [2.45, 2.75) is 23.0 Å². The first-order valence-corrected chi connectivity index (χ1v) is 9.43. The molecule has 2 rings (SSSR count). The van der Waals surface area contributed by atoms with Crippen LogP contribution in [0.1, 0.15) is 23.2 Å². The topological polar surface area (TPSA) is 83.5 Å². The third-order valence-electron chi connectivity index (χ3n) is 3.05. The van der Waals surface area contributed by atoms with Crippen LogP contribution in [0.5, 0.6) is 0 Å². The molecular weight excluding hydrogens is 357 g/mol. The number of hydrogen-bond donors (Lipinski definition) is 2. The minimum atomic E-state index is -3.90. The summed E-state index contributed by atoms with van der Waals surface area (Å²) in [6.07, 6.45) is 2.02. The zero-order valence-corrected chi connectivity index (χ0v) is 13.9. The van der Waals surface area contributed by atoms with Gasteiger partial charge in [0.25, 0.3) is 0 Å². The van der Waals surface area contributed by atoms with Gasteiger partial charge in [0.1, 0.15) is 4.90 Å². The second kappa shape index (κ2) is 6.75. The highest BCUT2D eigenvalue weighted by Gasteiger charge is 2.25. The standard InChI is InChI=1S/C12H13Cl2NO4S2/c13-7-4-9(12(16)17)11(14)10(5-7)21(18,19)15-6-8-2-1-3-20-8/h4-5,8,15H,1-3,6H2,(H,16,17). The maximum atomic E-state index is 12.3. The second-order valence-electron chi connectivity index (χ2n) is 4.56. The van der Waals surface area contributed by atoms with Crippen molar-refractivity contribution in [1.82, 2.24) is 4.72 Å². The van der Waals surface area contributed by atoms with Crippen LogP contribution in [0.3, 0.4) is 0 Å². The Labute approximate surface area is 137 Å². The van der Waals surface area contributed by atoms with Crippen LogP contribution in [0.25, 0.3) is 0 Å². The number of sulfonamides is 1. The molecule has 0 radical (unpaired) electrons.